The number of hydrogen-bond donors (Lipinski definition) is 1. The van der Waals surface area contributed by atoms with Crippen LogP contribution < -0.4 is 0 Å². The Morgan fingerprint density at radius 1 is 0.594 bits per heavy atom. The Hall–Kier alpha value is -6.99. The molecule has 0 spiro atoms. The summed E-state index contributed by atoms with van der Waals surface area (Å²) in [6.07, 6.45) is -0.929. The second kappa shape index (κ2) is 19.2. The maximum Gasteiger partial charge on any atom is 0.410 e. The molecule has 2 amide bonds. The molecule has 11 nitrogen and oxygen atoms in total. The van der Waals surface area contributed by atoms with Gasteiger partial charge in [-0.1, -0.05) is 100 Å². The van der Waals surface area contributed by atoms with Crippen LogP contribution in [0.4, 0.5) is 18.4 Å². The molecule has 0 bridgehead atoms. The number of carbonyl (C=O) groups is 3. The molecule has 64 heavy (non-hydrogen) atoms. The number of ether oxygens (including phenoxy) is 3. The Bertz CT molecular complexity index is 2720. The first-order valence-corrected chi connectivity index (χ1v) is 21.0. The molecule has 0 aliphatic carbocycles. The van der Waals surface area contributed by atoms with E-state index in [1.165, 1.54) is 45.6 Å². The highest BCUT2D eigenvalue weighted by atomic mass is 19.1. The molecule has 2 aliphatic heterocycles. The minimum Gasteiger partial charge on any atom is -0.465 e. The van der Waals surface area contributed by atoms with Crippen LogP contribution in [0.2, 0.25) is 0 Å². The predicted molar refractivity (Wildman–Crippen MR) is 239 cm³/mol. The molecular weight excluding hydrogens is 819 g/mol. The van der Waals surface area contributed by atoms with Gasteiger partial charge in [0.05, 0.1) is 76.8 Å². The number of pyridine rings is 2. The molecule has 8 rings (SSSR count). The highest BCUT2D eigenvalue weighted by Gasteiger charge is 2.33. The molecule has 0 fully saturated rings. The SMILES string of the molecule is COC(=O)N1Cc2ccccc2-c2nc(C(C)C)c(CO)c(-c3ccc(F)cc3)c2C1.COC(=O)c1c(C(C)C)nc2c(c1-c1ccc(F)cc1)CN(C(=O)OC)Cc1ccccc1-2. The van der Waals surface area contributed by atoms with E-state index in [0.29, 0.717) is 52.3 Å². The van der Waals surface area contributed by atoms with Crippen LogP contribution in [0, 0.1) is 11.6 Å². The number of hydrogen-bond acceptors (Lipinski definition) is 9. The standard InChI is InChI=1S/C26H25FN2O4.C25H25FN2O3/c1-15(2)23-22(25(30)32-3)21(16-9-11-18(27)12-10-16)20-14-29(26(31)33-4)13-17-7-5-6-8-19(17)24(20)28-23;1-15(2)23-21(14-29)22(16-8-10-18(26)11-9-16)20-13-28(25(30)31-3)12-17-6-4-5-7-19(17)24(20)27-23/h5-12,15H,13-14H2,1-4H3;4-11,15,29H,12-14H2,1-3H3. The van der Waals surface area contributed by atoms with Crippen molar-refractivity contribution in [3.63, 3.8) is 0 Å². The van der Waals surface area contributed by atoms with E-state index in [9.17, 15) is 28.3 Å². The predicted octanol–water partition coefficient (Wildman–Crippen LogP) is 10.8. The summed E-state index contributed by atoms with van der Waals surface area (Å²) in [5, 5.41) is 10.3. The first-order valence-electron chi connectivity index (χ1n) is 21.0. The minimum absolute atomic E-state index is 0.0683. The van der Waals surface area contributed by atoms with Gasteiger partial charge in [0.2, 0.25) is 0 Å². The van der Waals surface area contributed by atoms with E-state index in [4.69, 9.17) is 24.2 Å². The first kappa shape index (κ1) is 45.0. The lowest BCUT2D eigenvalue weighted by atomic mass is 9.87. The van der Waals surface area contributed by atoms with Crippen LogP contribution in [0.25, 0.3) is 44.8 Å². The fraction of sp³-hybridized carbons (Fsp3) is 0.275. The topological polar surface area (TPSA) is 131 Å². The molecule has 330 valence electrons. The Morgan fingerprint density at radius 2 is 1.02 bits per heavy atom. The van der Waals surface area contributed by atoms with Crippen LogP contribution in [-0.4, -0.2) is 64.4 Å². The molecule has 2 aliphatic rings. The molecule has 1 N–H and O–H groups in total. The van der Waals surface area contributed by atoms with E-state index >= 15 is 0 Å². The Kier molecular flexibility index (Phi) is 13.5. The van der Waals surface area contributed by atoms with E-state index < -0.39 is 18.2 Å². The van der Waals surface area contributed by atoms with Crippen LogP contribution in [0.3, 0.4) is 0 Å². The monoisotopic (exact) mass is 868 g/mol. The number of halogens is 2. The van der Waals surface area contributed by atoms with Gasteiger partial charge in [-0.05, 0) is 63.9 Å². The molecule has 2 aromatic heterocycles. The molecule has 0 saturated carbocycles. The van der Waals surface area contributed by atoms with Crippen molar-refractivity contribution in [1.82, 2.24) is 19.8 Å². The number of fused-ring (bicyclic) bond motifs is 6. The Labute approximate surface area is 371 Å². The quantitative estimate of drug-likeness (QED) is 0.128. The van der Waals surface area contributed by atoms with Gasteiger partial charge in [0.25, 0.3) is 0 Å². The summed E-state index contributed by atoms with van der Waals surface area (Å²) in [6.45, 7) is 8.91. The van der Waals surface area contributed by atoms with Crippen LogP contribution in [0.1, 0.15) is 89.1 Å². The Morgan fingerprint density at radius 3 is 1.44 bits per heavy atom. The minimum atomic E-state index is -0.532. The van der Waals surface area contributed by atoms with Gasteiger partial charge in [-0.2, -0.15) is 0 Å². The van der Waals surface area contributed by atoms with Crippen molar-refractivity contribution in [2.24, 2.45) is 0 Å². The average Bonchev–Trinajstić information content (AvgIpc) is 3.58. The summed E-state index contributed by atoms with van der Waals surface area (Å²) in [5.41, 5.74) is 11.9. The van der Waals surface area contributed by atoms with Gasteiger partial charge in [-0.3, -0.25) is 19.8 Å². The smallest absolute Gasteiger partial charge is 0.410 e. The van der Waals surface area contributed by atoms with Crippen molar-refractivity contribution in [3.8, 4) is 44.8 Å². The Balaban J connectivity index is 0.000000192. The summed E-state index contributed by atoms with van der Waals surface area (Å²) in [6, 6.07) is 27.8. The summed E-state index contributed by atoms with van der Waals surface area (Å²) < 4.78 is 42.6. The second-order valence-electron chi connectivity index (χ2n) is 16.2. The van der Waals surface area contributed by atoms with Crippen LogP contribution in [0.15, 0.2) is 97.1 Å². The van der Waals surface area contributed by atoms with Gasteiger partial charge in [0, 0.05) is 39.1 Å². The van der Waals surface area contributed by atoms with Gasteiger partial charge in [0.15, 0.2) is 0 Å². The maximum absolute atomic E-state index is 13.8. The third-order valence-corrected chi connectivity index (χ3v) is 11.5. The van der Waals surface area contributed by atoms with E-state index in [-0.39, 0.29) is 43.2 Å². The zero-order valence-corrected chi connectivity index (χ0v) is 36.9. The summed E-state index contributed by atoms with van der Waals surface area (Å²) in [4.78, 5) is 51.4. The van der Waals surface area contributed by atoms with E-state index in [0.717, 1.165) is 50.3 Å². The maximum atomic E-state index is 13.8. The van der Waals surface area contributed by atoms with Gasteiger partial charge in [0.1, 0.15) is 11.6 Å². The van der Waals surface area contributed by atoms with Crippen molar-refractivity contribution < 1.29 is 42.5 Å². The number of rotatable bonds is 6. The number of aliphatic hydroxyl groups is 1. The zero-order valence-electron chi connectivity index (χ0n) is 36.9. The first-order chi connectivity index (χ1) is 30.8. The summed E-state index contributed by atoms with van der Waals surface area (Å²) in [5.74, 6) is -1.27. The number of aromatic nitrogens is 2. The van der Waals surface area contributed by atoms with Gasteiger partial charge >= 0.3 is 18.2 Å². The average molecular weight is 869 g/mol. The van der Waals surface area contributed by atoms with E-state index in [1.54, 1.807) is 34.1 Å². The molecule has 13 heteroatoms. The van der Waals surface area contributed by atoms with Crippen LogP contribution >= 0.6 is 0 Å². The lowest BCUT2D eigenvalue weighted by Crippen LogP contribution is -2.29. The molecule has 4 heterocycles. The number of benzene rings is 4. The number of carbonyl (C=O) groups excluding carboxylic acids is 3. The molecule has 0 saturated heterocycles. The number of nitrogens with zero attached hydrogens (tertiary/aromatic N) is 4. The van der Waals surface area contributed by atoms with Crippen molar-refractivity contribution >= 4 is 18.2 Å². The molecule has 0 radical (unpaired) electrons. The van der Waals surface area contributed by atoms with Crippen molar-refractivity contribution in [2.45, 2.75) is 72.3 Å². The van der Waals surface area contributed by atoms with Gasteiger partial charge < -0.3 is 19.3 Å². The molecule has 0 unspecified atom stereocenters. The molecular formula is C51H50F2N4O7. The fourth-order valence-corrected chi connectivity index (χ4v) is 8.54. The third-order valence-electron chi connectivity index (χ3n) is 11.5. The summed E-state index contributed by atoms with van der Waals surface area (Å²) in [7, 11) is 4.02. The lowest BCUT2D eigenvalue weighted by Gasteiger charge is -2.24. The normalized spacial score (nSPS) is 12.8. The van der Waals surface area contributed by atoms with Crippen molar-refractivity contribution in [2.75, 3.05) is 21.3 Å². The van der Waals surface area contributed by atoms with Crippen LogP contribution in [-0.2, 0) is 47.0 Å². The van der Waals surface area contributed by atoms with Crippen molar-refractivity contribution in [1.29, 1.82) is 0 Å². The number of aliphatic hydroxyl groups excluding tert-OH is 1. The molecule has 4 aromatic carbocycles. The largest absolute Gasteiger partial charge is 0.465 e. The molecule has 0 atom stereocenters. The number of amides is 2. The highest BCUT2D eigenvalue weighted by Crippen LogP contribution is 2.43. The number of esters is 1. The van der Waals surface area contributed by atoms with Crippen LogP contribution in [0.5, 0.6) is 0 Å². The van der Waals surface area contributed by atoms with E-state index in [1.807, 2.05) is 76.2 Å². The highest BCUT2D eigenvalue weighted by molar-refractivity contribution is 6.01. The summed E-state index contributed by atoms with van der Waals surface area (Å²) >= 11 is 0. The number of methoxy groups -OCH3 is 3. The molecule has 6 aromatic rings. The van der Waals surface area contributed by atoms with Gasteiger partial charge in [-0.15, -0.1) is 0 Å². The van der Waals surface area contributed by atoms with Gasteiger partial charge in [-0.25, -0.2) is 23.2 Å². The third kappa shape index (κ3) is 8.80. The lowest BCUT2D eigenvalue weighted by molar-refractivity contribution is 0.0599. The van der Waals surface area contributed by atoms with E-state index in [2.05, 4.69) is 0 Å². The zero-order chi connectivity index (χ0) is 45.8. The second-order valence-corrected chi connectivity index (χ2v) is 16.2. The van der Waals surface area contributed by atoms with Crippen molar-refractivity contribution in [3.05, 3.63) is 153 Å². The fourth-order valence-electron chi connectivity index (χ4n) is 8.54.